The molecule has 4 nitrogen and oxygen atoms in total. The van der Waals surface area contributed by atoms with Crippen LogP contribution in [0, 0.1) is 0 Å². The molecule has 0 fully saturated rings. The normalized spacial score (nSPS) is 11.7. The Hall–Kier alpha value is -3.27. The van der Waals surface area contributed by atoms with Crippen molar-refractivity contribution in [2.45, 2.75) is 32.7 Å². The van der Waals surface area contributed by atoms with Gasteiger partial charge < -0.3 is 9.72 Å². The van der Waals surface area contributed by atoms with Gasteiger partial charge in [0.2, 0.25) is 0 Å². The Morgan fingerprint density at radius 3 is 2.34 bits per heavy atom. The number of fused-ring (bicyclic) bond motifs is 1. The lowest BCUT2D eigenvalue weighted by Crippen LogP contribution is -2.17. The average Bonchev–Trinajstić information content (AvgIpc) is 3.02. The van der Waals surface area contributed by atoms with Crippen molar-refractivity contribution in [3.63, 3.8) is 0 Å². The third-order valence-corrected chi connectivity index (χ3v) is 5.33. The molecule has 0 aliphatic carbocycles. The number of aromatic nitrogens is 2. The van der Waals surface area contributed by atoms with Crippen LogP contribution in [-0.2, 0) is 12.0 Å². The van der Waals surface area contributed by atoms with Gasteiger partial charge in [-0.15, -0.1) is 0 Å². The van der Waals surface area contributed by atoms with Gasteiger partial charge in [-0.2, -0.15) is 0 Å². The van der Waals surface area contributed by atoms with Crippen molar-refractivity contribution < 1.29 is 4.74 Å². The molecular formula is C25H26N2O2. The SMILES string of the molecule is COc1cccc(Cn2c(=O)[nH]c3cc(-c4ccc(C(C)(C)C)cc4)ccc32)c1. The van der Waals surface area contributed by atoms with E-state index < -0.39 is 0 Å². The molecule has 0 unspecified atom stereocenters. The van der Waals surface area contributed by atoms with Crippen LogP contribution in [0.5, 0.6) is 5.75 Å². The fourth-order valence-electron chi connectivity index (χ4n) is 3.62. The molecule has 0 bridgehead atoms. The van der Waals surface area contributed by atoms with Gasteiger partial charge in [0.05, 0.1) is 24.7 Å². The van der Waals surface area contributed by atoms with E-state index in [1.807, 2.05) is 36.4 Å². The quantitative estimate of drug-likeness (QED) is 0.514. The molecule has 1 N–H and O–H groups in total. The second-order valence-electron chi connectivity index (χ2n) is 8.43. The highest BCUT2D eigenvalue weighted by Gasteiger charge is 2.14. The minimum atomic E-state index is -0.108. The molecule has 4 aromatic rings. The maximum Gasteiger partial charge on any atom is 0.326 e. The molecule has 0 radical (unpaired) electrons. The Labute approximate surface area is 170 Å². The number of nitrogens with one attached hydrogen (secondary N) is 1. The van der Waals surface area contributed by atoms with Crippen LogP contribution in [0.2, 0.25) is 0 Å². The molecule has 1 heterocycles. The van der Waals surface area contributed by atoms with Gasteiger partial charge in [0.25, 0.3) is 0 Å². The van der Waals surface area contributed by atoms with Gasteiger partial charge in [0, 0.05) is 0 Å². The highest BCUT2D eigenvalue weighted by atomic mass is 16.5. The predicted octanol–water partition coefficient (Wildman–Crippen LogP) is 5.35. The lowest BCUT2D eigenvalue weighted by molar-refractivity contribution is 0.414. The van der Waals surface area contributed by atoms with Gasteiger partial charge in [0.1, 0.15) is 5.75 Å². The monoisotopic (exact) mass is 386 g/mol. The van der Waals surface area contributed by atoms with Crippen molar-refractivity contribution >= 4 is 11.0 Å². The van der Waals surface area contributed by atoms with E-state index in [-0.39, 0.29) is 11.1 Å². The zero-order valence-corrected chi connectivity index (χ0v) is 17.3. The zero-order valence-electron chi connectivity index (χ0n) is 17.3. The van der Waals surface area contributed by atoms with E-state index in [9.17, 15) is 4.79 Å². The molecule has 1 aromatic heterocycles. The fraction of sp³-hybridized carbons (Fsp3) is 0.240. The molecule has 0 aliphatic rings. The largest absolute Gasteiger partial charge is 0.497 e. The van der Waals surface area contributed by atoms with E-state index in [2.05, 4.69) is 56.1 Å². The first kappa shape index (κ1) is 19.1. The highest BCUT2D eigenvalue weighted by molar-refractivity contribution is 5.82. The second-order valence-corrected chi connectivity index (χ2v) is 8.43. The minimum Gasteiger partial charge on any atom is -0.497 e. The number of imidazole rings is 1. The molecule has 3 aromatic carbocycles. The number of benzene rings is 3. The maximum atomic E-state index is 12.6. The number of ether oxygens (including phenoxy) is 1. The Balaban J connectivity index is 1.68. The van der Waals surface area contributed by atoms with Gasteiger partial charge in [-0.25, -0.2) is 4.79 Å². The summed E-state index contributed by atoms with van der Waals surface area (Å²) in [5, 5.41) is 0. The molecule has 0 saturated carbocycles. The second kappa shape index (κ2) is 7.28. The van der Waals surface area contributed by atoms with Crippen molar-refractivity contribution in [3.05, 3.63) is 88.3 Å². The molecule has 148 valence electrons. The van der Waals surface area contributed by atoms with Crippen LogP contribution < -0.4 is 10.4 Å². The first-order chi connectivity index (χ1) is 13.8. The van der Waals surface area contributed by atoms with Gasteiger partial charge >= 0.3 is 5.69 Å². The molecule has 0 amide bonds. The summed E-state index contributed by atoms with van der Waals surface area (Å²) >= 11 is 0. The van der Waals surface area contributed by atoms with Crippen LogP contribution >= 0.6 is 0 Å². The molecule has 0 spiro atoms. The van der Waals surface area contributed by atoms with Crippen LogP contribution in [0.1, 0.15) is 31.9 Å². The number of aromatic amines is 1. The number of hydrogen-bond donors (Lipinski definition) is 1. The summed E-state index contributed by atoms with van der Waals surface area (Å²) in [5.74, 6) is 0.788. The van der Waals surface area contributed by atoms with Gasteiger partial charge in [-0.3, -0.25) is 4.57 Å². The Morgan fingerprint density at radius 2 is 1.66 bits per heavy atom. The predicted molar refractivity (Wildman–Crippen MR) is 119 cm³/mol. The molecule has 0 aliphatic heterocycles. The molecule has 4 rings (SSSR count). The van der Waals surface area contributed by atoms with Crippen molar-refractivity contribution in [2.75, 3.05) is 7.11 Å². The van der Waals surface area contributed by atoms with Crippen LogP contribution in [0.15, 0.2) is 71.5 Å². The number of nitrogens with zero attached hydrogens (tertiary/aromatic N) is 1. The summed E-state index contributed by atoms with van der Waals surface area (Å²) in [7, 11) is 1.65. The molecule has 0 atom stereocenters. The van der Waals surface area contributed by atoms with Crippen molar-refractivity contribution in [1.82, 2.24) is 9.55 Å². The van der Waals surface area contributed by atoms with E-state index in [4.69, 9.17) is 4.74 Å². The summed E-state index contributed by atoms with van der Waals surface area (Å²) in [4.78, 5) is 15.6. The van der Waals surface area contributed by atoms with Gasteiger partial charge in [-0.1, -0.05) is 63.2 Å². The summed E-state index contributed by atoms with van der Waals surface area (Å²) in [6, 6.07) is 22.6. The topological polar surface area (TPSA) is 47.0 Å². The summed E-state index contributed by atoms with van der Waals surface area (Å²) < 4.78 is 7.05. The molecular weight excluding hydrogens is 360 g/mol. The fourth-order valence-corrected chi connectivity index (χ4v) is 3.62. The lowest BCUT2D eigenvalue weighted by Gasteiger charge is -2.19. The molecule has 0 saturated heterocycles. The van der Waals surface area contributed by atoms with Crippen LogP contribution in [-0.4, -0.2) is 16.7 Å². The molecule has 4 heteroatoms. The van der Waals surface area contributed by atoms with Crippen LogP contribution in [0.4, 0.5) is 0 Å². The summed E-state index contributed by atoms with van der Waals surface area (Å²) in [6.45, 7) is 7.13. The number of H-pyrrole nitrogens is 1. The minimum absolute atomic E-state index is 0.108. The van der Waals surface area contributed by atoms with E-state index in [0.29, 0.717) is 6.54 Å². The van der Waals surface area contributed by atoms with E-state index >= 15 is 0 Å². The third-order valence-electron chi connectivity index (χ3n) is 5.33. The zero-order chi connectivity index (χ0) is 20.6. The standard InChI is InChI=1S/C25H26N2O2/c1-25(2,3)20-11-8-18(9-12-20)19-10-13-23-22(15-19)26-24(28)27(23)16-17-6-5-7-21(14-17)29-4/h5-15H,16H2,1-4H3,(H,26,28). The smallest absolute Gasteiger partial charge is 0.326 e. The van der Waals surface area contributed by atoms with Gasteiger partial charge in [0.15, 0.2) is 0 Å². The maximum absolute atomic E-state index is 12.6. The number of hydrogen-bond acceptors (Lipinski definition) is 2. The van der Waals surface area contributed by atoms with E-state index in [1.54, 1.807) is 11.7 Å². The van der Waals surface area contributed by atoms with Crippen molar-refractivity contribution in [2.24, 2.45) is 0 Å². The Bertz CT molecular complexity index is 1210. The summed E-state index contributed by atoms with van der Waals surface area (Å²) in [6.07, 6.45) is 0. The van der Waals surface area contributed by atoms with Crippen LogP contribution in [0.25, 0.3) is 22.2 Å². The Morgan fingerprint density at radius 1 is 0.931 bits per heavy atom. The van der Waals surface area contributed by atoms with Gasteiger partial charge in [-0.05, 0) is 51.9 Å². The third kappa shape index (κ3) is 3.83. The number of rotatable bonds is 4. The van der Waals surface area contributed by atoms with Crippen LogP contribution in [0.3, 0.4) is 0 Å². The Kier molecular flexibility index (Phi) is 4.79. The van der Waals surface area contributed by atoms with Crippen molar-refractivity contribution in [3.8, 4) is 16.9 Å². The van der Waals surface area contributed by atoms with E-state index in [1.165, 1.54) is 5.56 Å². The average molecular weight is 386 g/mol. The summed E-state index contributed by atoms with van der Waals surface area (Å²) in [5.41, 5.74) is 6.32. The first-order valence-electron chi connectivity index (χ1n) is 9.81. The van der Waals surface area contributed by atoms with E-state index in [0.717, 1.165) is 33.5 Å². The first-order valence-corrected chi connectivity index (χ1v) is 9.81. The molecule has 29 heavy (non-hydrogen) atoms. The number of methoxy groups -OCH3 is 1. The highest BCUT2D eigenvalue weighted by Crippen LogP contribution is 2.28. The van der Waals surface area contributed by atoms with Crippen molar-refractivity contribution in [1.29, 1.82) is 0 Å². The lowest BCUT2D eigenvalue weighted by atomic mass is 9.86.